The molecule has 1 saturated heterocycles. The zero-order valence-corrected chi connectivity index (χ0v) is 14.0. The number of rotatable bonds is 7. The molecule has 0 aliphatic carbocycles. The van der Waals surface area contributed by atoms with Gasteiger partial charge in [0.15, 0.2) is 0 Å². The van der Waals surface area contributed by atoms with Gasteiger partial charge in [0.1, 0.15) is 0 Å². The lowest BCUT2D eigenvalue weighted by atomic mass is 10.1. The Morgan fingerprint density at radius 2 is 2.35 bits per heavy atom. The van der Waals surface area contributed by atoms with Gasteiger partial charge in [0.05, 0.1) is 28.9 Å². The van der Waals surface area contributed by atoms with Crippen molar-refractivity contribution in [1.82, 2.24) is 19.6 Å². The number of hydrogen-bond donors (Lipinski definition) is 2. The molecule has 2 heterocycles. The monoisotopic (exact) mass is 338 g/mol. The summed E-state index contributed by atoms with van der Waals surface area (Å²) >= 11 is 0. The maximum absolute atomic E-state index is 12.4. The van der Waals surface area contributed by atoms with E-state index in [1.807, 2.05) is 0 Å². The molecule has 7 nitrogen and oxygen atoms in total. The molecule has 0 saturated carbocycles. The number of fused-ring (bicyclic) bond motifs is 1. The van der Waals surface area contributed by atoms with Gasteiger partial charge >= 0.3 is 0 Å². The number of H-pyrrole nitrogens is 1. The van der Waals surface area contributed by atoms with Gasteiger partial charge in [-0.25, -0.2) is 18.1 Å². The molecule has 0 radical (unpaired) electrons. The van der Waals surface area contributed by atoms with E-state index in [2.05, 4.69) is 19.6 Å². The minimum absolute atomic E-state index is 0.267. The van der Waals surface area contributed by atoms with Gasteiger partial charge in [-0.15, -0.1) is 0 Å². The van der Waals surface area contributed by atoms with E-state index in [0.717, 1.165) is 37.1 Å². The molecule has 1 aliphatic heterocycles. The molecule has 1 aromatic carbocycles. The van der Waals surface area contributed by atoms with Crippen LogP contribution in [0.2, 0.25) is 0 Å². The summed E-state index contributed by atoms with van der Waals surface area (Å²) in [4.78, 5) is 9.60. The fourth-order valence-electron chi connectivity index (χ4n) is 2.90. The molecule has 0 bridgehead atoms. The largest absolute Gasteiger partial charge is 0.383 e. The Morgan fingerprint density at radius 3 is 3.17 bits per heavy atom. The number of nitrogens with one attached hydrogen (secondary N) is 2. The molecule has 0 amide bonds. The first-order valence-electron chi connectivity index (χ1n) is 7.72. The summed E-state index contributed by atoms with van der Waals surface area (Å²) in [5.41, 5.74) is 1.48. The smallest absolute Gasteiger partial charge is 0.240 e. The van der Waals surface area contributed by atoms with Gasteiger partial charge in [-0.05, 0) is 37.1 Å². The third-order valence-electron chi connectivity index (χ3n) is 4.25. The zero-order valence-electron chi connectivity index (χ0n) is 13.2. The molecule has 0 unspecified atom stereocenters. The van der Waals surface area contributed by atoms with Crippen molar-refractivity contribution in [2.24, 2.45) is 5.92 Å². The molecule has 2 N–H and O–H groups in total. The van der Waals surface area contributed by atoms with Gasteiger partial charge in [-0.2, -0.15) is 0 Å². The lowest BCUT2D eigenvalue weighted by Gasteiger charge is -2.15. The molecule has 0 spiro atoms. The van der Waals surface area contributed by atoms with Crippen LogP contribution in [0.25, 0.3) is 11.0 Å². The topological polar surface area (TPSA) is 87.3 Å². The fourth-order valence-corrected chi connectivity index (χ4v) is 4.04. The number of likely N-dealkylation sites (tertiary alicyclic amines) is 1. The van der Waals surface area contributed by atoms with E-state index < -0.39 is 10.0 Å². The second-order valence-corrected chi connectivity index (χ2v) is 7.65. The molecular weight excluding hydrogens is 316 g/mol. The highest BCUT2D eigenvalue weighted by molar-refractivity contribution is 7.89. The summed E-state index contributed by atoms with van der Waals surface area (Å²) in [6, 6.07) is 4.91. The molecule has 2 aromatic rings. The summed E-state index contributed by atoms with van der Waals surface area (Å²) in [5, 5.41) is 0. The van der Waals surface area contributed by atoms with Gasteiger partial charge in [-0.1, -0.05) is 0 Å². The summed E-state index contributed by atoms with van der Waals surface area (Å²) in [7, 11) is -1.80. The summed E-state index contributed by atoms with van der Waals surface area (Å²) in [6.45, 7) is 3.98. The summed E-state index contributed by atoms with van der Waals surface area (Å²) in [5.74, 6) is 0.345. The van der Waals surface area contributed by atoms with E-state index in [9.17, 15) is 8.42 Å². The van der Waals surface area contributed by atoms with E-state index >= 15 is 0 Å². The van der Waals surface area contributed by atoms with Gasteiger partial charge in [0, 0.05) is 26.7 Å². The second kappa shape index (κ2) is 6.96. The van der Waals surface area contributed by atoms with E-state index in [1.165, 1.54) is 0 Å². The normalized spacial score (nSPS) is 19.6. The number of benzene rings is 1. The lowest BCUT2D eigenvalue weighted by molar-refractivity contribution is 0.159. The van der Waals surface area contributed by atoms with Gasteiger partial charge in [-0.3, -0.25) is 0 Å². The van der Waals surface area contributed by atoms with Crippen molar-refractivity contribution >= 4 is 21.1 Å². The Hall–Kier alpha value is -1.48. The first kappa shape index (κ1) is 16.4. The third kappa shape index (κ3) is 3.89. The Balaban J connectivity index is 1.58. The standard InChI is InChI=1S/C15H22N4O3S/c1-22-7-6-19-5-4-12(10-19)9-18-23(20,21)13-2-3-14-15(8-13)17-11-16-14/h2-3,8,11-12,18H,4-7,9-10H2,1H3,(H,16,17)/t12-/m0/s1. The van der Waals surface area contributed by atoms with Crippen LogP contribution in [0.15, 0.2) is 29.4 Å². The van der Waals surface area contributed by atoms with Crippen LogP contribution in [0.5, 0.6) is 0 Å². The highest BCUT2D eigenvalue weighted by Crippen LogP contribution is 2.18. The Labute approximate surface area is 136 Å². The molecule has 1 aromatic heterocycles. The van der Waals surface area contributed by atoms with Crippen molar-refractivity contribution in [3.8, 4) is 0 Å². The highest BCUT2D eigenvalue weighted by Gasteiger charge is 2.24. The molecule has 1 atom stereocenters. The molecule has 8 heteroatoms. The minimum Gasteiger partial charge on any atom is -0.383 e. The third-order valence-corrected chi connectivity index (χ3v) is 5.67. The lowest BCUT2D eigenvalue weighted by Crippen LogP contribution is -2.31. The van der Waals surface area contributed by atoms with Crippen LogP contribution >= 0.6 is 0 Å². The fraction of sp³-hybridized carbons (Fsp3) is 0.533. The van der Waals surface area contributed by atoms with Crippen LogP contribution in [-0.4, -0.2) is 63.2 Å². The number of methoxy groups -OCH3 is 1. The maximum Gasteiger partial charge on any atom is 0.240 e. The SMILES string of the molecule is COCCN1CC[C@@H](CNS(=O)(=O)c2ccc3nc[nH]c3c2)C1. The highest BCUT2D eigenvalue weighted by atomic mass is 32.2. The Bertz CT molecular complexity index is 759. The Kier molecular flexibility index (Phi) is 4.96. The molecule has 3 rings (SSSR count). The number of aromatic nitrogens is 2. The molecule has 23 heavy (non-hydrogen) atoms. The van der Waals surface area contributed by atoms with Gasteiger partial charge in [0.2, 0.25) is 10.0 Å². The molecule has 1 aliphatic rings. The van der Waals surface area contributed by atoms with Crippen molar-refractivity contribution in [2.75, 3.05) is 39.9 Å². The molecular formula is C15H22N4O3S. The number of imidazole rings is 1. The molecule has 126 valence electrons. The van der Waals surface area contributed by atoms with E-state index in [1.54, 1.807) is 31.6 Å². The summed E-state index contributed by atoms with van der Waals surface area (Å²) in [6.07, 6.45) is 2.56. The van der Waals surface area contributed by atoms with Crippen molar-refractivity contribution in [2.45, 2.75) is 11.3 Å². The number of nitrogens with zero attached hydrogens (tertiary/aromatic N) is 2. The van der Waals surface area contributed by atoms with Crippen LogP contribution in [0.1, 0.15) is 6.42 Å². The molecule has 1 fully saturated rings. The van der Waals surface area contributed by atoms with Crippen LogP contribution in [0.3, 0.4) is 0 Å². The first-order valence-corrected chi connectivity index (χ1v) is 9.21. The van der Waals surface area contributed by atoms with Crippen molar-refractivity contribution in [1.29, 1.82) is 0 Å². The van der Waals surface area contributed by atoms with Crippen LogP contribution in [-0.2, 0) is 14.8 Å². The average Bonchev–Trinajstić information content (AvgIpc) is 3.19. The van der Waals surface area contributed by atoms with Crippen LogP contribution < -0.4 is 4.72 Å². The Morgan fingerprint density at radius 1 is 1.48 bits per heavy atom. The van der Waals surface area contributed by atoms with E-state index in [0.29, 0.717) is 19.1 Å². The summed E-state index contributed by atoms with van der Waals surface area (Å²) < 4.78 is 32.7. The van der Waals surface area contributed by atoms with Gasteiger partial charge < -0.3 is 14.6 Å². The maximum atomic E-state index is 12.4. The second-order valence-electron chi connectivity index (χ2n) is 5.88. The zero-order chi connectivity index (χ0) is 16.3. The van der Waals surface area contributed by atoms with Crippen molar-refractivity contribution in [3.05, 3.63) is 24.5 Å². The van der Waals surface area contributed by atoms with E-state index in [-0.39, 0.29) is 4.90 Å². The van der Waals surface area contributed by atoms with Crippen molar-refractivity contribution < 1.29 is 13.2 Å². The first-order chi connectivity index (χ1) is 11.1. The number of aromatic amines is 1. The predicted molar refractivity (Wildman–Crippen MR) is 87.7 cm³/mol. The number of sulfonamides is 1. The minimum atomic E-state index is -3.49. The number of hydrogen-bond acceptors (Lipinski definition) is 5. The quantitative estimate of drug-likeness (QED) is 0.780. The van der Waals surface area contributed by atoms with Crippen LogP contribution in [0, 0.1) is 5.92 Å². The van der Waals surface area contributed by atoms with Crippen LogP contribution in [0.4, 0.5) is 0 Å². The van der Waals surface area contributed by atoms with E-state index in [4.69, 9.17) is 4.74 Å². The number of ether oxygens (including phenoxy) is 1. The van der Waals surface area contributed by atoms with Crippen molar-refractivity contribution in [3.63, 3.8) is 0 Å². The predicted octanol–water partition coefficient (Wildman–Crippen LogP) is 0.810. The average molecular weight is 338 g/mol. The van der Waals surface area contributed by atoms with Gasteiger partial charge in [0.25, 0.3) is 0 Å².